The third-order valence-corrected chi connectivity index (χ3v) is 2.18. The van der Waals surface area contributed by atoms with Gasteiger partial charge in [0.15, 0.2) is 6.10 Å². The summed E-state index contributed by atoms with van der Waals surface area (Å²) in [7, 11) is 0. The molecule has 1 heterocycles. The molecule has 78 valence electrons. The van der Waals surface area contributed by atoms with Gasteiger partial charge in [-0.2, -0.15) is 0 Å². The molecule has 2 atom stereocenters. The second kappa shape index (κ2) is 3.73. The summed E-state index contributed by atoms with van der Waals surface area (Å²) >= 11 is 0. The lowest BCUT2D eigenvalue weighted by atomic mass is 10.1. The van der Waals surface area contributed by atoms with Crippen molar-refractivity contribution < 1.29 is 19.1 Å². The zero-order valence-electron chi connectivity index (χ0n) is 8.17. The van der Waals surface area contributed by atoms with Crippen LogP contribution in [0.3, 0.4) is 0 Å². The molecule has 0 radical (unpaired) electrons. The maximum absolute atomic E-state index is 11.5. The van der Waals surface area contributed by atoms with Crippen molar-refractivity contribution in [2.45, 2.75) is 19.1 Å². The minimum Gasteiger partial charge on any atom is -0.448 e. The Morgan fingerprint density at radius 3 is 2.33 bits per heavy atom. The number of hydrogen-bond acceptors (Lipinski definition) is 4. The molecule has 4 nitrogen and oxygen atoms in total. The van der Waals surface area contributed by atoms with E-state index in [1.54, 1.807) is 24.3 Å². The third-order valence-electron chi connectivity index (χ3n) is 2.18. The van der Waals surface area contributed by atoms with Gasteiger partial charge in [-0.1, -0.05) is 30.3 Å². The Morgan fingerprint density at radius 1 is 1.00 bits per heavy atom. The van der Waals surface area contributed by atoms with E-state index in [1.165, 1.54) is 6.92 Å². The molecule has 1 aromatic carbocycles. The van der Waals surface area contributed by atoms with Crippen LogP contribution in [-0.2, 0) is 19.1 Å². The van der Waals surface area contributed by atoms with Gasteiger partial charge in [-0.05, 0) is 6.92 Å². The molecule has 1 saturated heterocycles. The van der Waals surface area contributed by atoms with Gasteiger partial charge in [0, 0.05) is 5.56 Å². The second-order valence-electron chi connectivity index (χ2n) is 3.31. The first-order valence-corrected chi connectivity index (χ1v) is 4.64. The highest BCUT2D eigenvalue weighted by molar-refractivity contribution is 5.88. The molecule has 0 aromatic heterocycles. The highest BCUT2D eigenvalue weighted by Crippen LogP contribution is 2.24. The number of ether oxygens (including phenoxy) is 2. The quantitative estimate of drug-likeness (QED) is 0.648. The molecule has 0 N–H and O–H groups in total. The fraction of sp³-hybridized carbons (Fsp3) is 0.273. The Bertz CT molecular complexity index is 385. The molecule has 1 aliphatic rings. The molecule has 0 aliphatic carbocycles. The summed E-state index contributed by atoms with van der Waals surface area (Å²) in [6.45, 7) is 1.49. The number of rotatable bonds is 1. The first kappa shape index (κ1) is 9.71. The van der Waals surface area contributed by atoms with Crippen molar-refractivity contribution in [3.05, 3.63) is 35.9 Å². The lowest BCUT2D eigenvalue weighted by Gasteiger charge is -2.25. The fourth-order valence-corrected chi connectivity index (χ4v) is 1.38. The molecule has 0 bridgehead atoms. The van der Waals surface area contributed by atoms with Gasteiger partial charge in [0.1, 0.15) is 0 Å². The molecule has 1 fully saturated rings. The topological polar surface area (TPSA) is 52.6 Å². The zero-order chi connectivity index (χ0) is 10.8. The average molecular weight is 206 g/mol. The maximum Gasteiger partial charge on any atom is 0.353 e. The smallest absolute Gasteiger partial charge is 0.353 e. The number of benzene rings is 1. The van der Waals surface area contributed by atoms with Gasteiger partial charge in [0.2, 0.25) is 6.10 Å². The van der Waals surface area contributed by atoms with Crippen LogP contribution in [0.5, 0.6) is 0 Å². The summed E-state index contributed by atoms with van der Waals surface area (Å²) in [5.74, 6) is -1.03. The van der Waals surface area contributed by atoms with Gasteiger partial charge in [0.25, 0.3) is 0 Å². The molecule has 1 aromatic rings. The molecule has 0 amide bonds. The predicted octanol–water partition coefficient (Wildman–Crippen LogP) is 1.22. The molecule has 0 saturated carbocycles. The Labute approximate surface area is 86.8 Å². The zero-order valence-corrected chi connectivity index (χ0v) is 8.17. The predicted molar refractivity (Wildman–Crippen MR) is 50.8 cm³/mol. The summed E-state index contributed by atoms with van der Waals surface area (Å²) in [4.78, 5) is 22.7. The largest absolute Gasteiger partial charge is 0.448 e. The maximum atomic E-state index is 11.5. The lowest BCUT2D eigenvalue weighted by molar-refractivity contribution is -0.194. The van der Waals surface area contributed by atoms with Gasteiger partial charge in [-0.25, -0.2) is 9.59 Å². The van der Waals surface area contributed by atoms with E-state index < -0.39 is 24.1 Å². The fourth-order valence-electron chi connectivity index (χ4n) is 1.38. The van der Waals surface area contributed by atoms with Crippen LogP contribution in [0.4, 0.5) is 0 Å². The molecule has 4 heteroatoms. The highest BCUT2D eigenvalue weighted by atomic mass is 16.6. The number of cyclic esters (lactones) is 2. The van der Waals surface area contributed by atoms with Crippen molar-refractivity contribution in [3.8, 4) is 0 Å². The standard InChI is InChI=1S/C11H10O4/c1-7-10(12)15-9(11(13)14-7)8-5-3-2-4-6-8/h2-7,9H,1H3/t7-,9+/m1/s1. The van der Waals surface area contributed by atoms with E-state index in [0.29, 0.717) is 5.56 Å². The van der Waals surface area contributed by atoms with Gasteiger partial charge in [-0.15, -0.1) is 0 Å². The Balaban J connectivity index is 2.24. The van der Waals surface area contributed by atoms with E-state index in [1.807, 2.05) is 6.07 Å². The number of hydrogen-bond donors (Lipinski definition) is 0. The Kier molecular flexibility index (Phi) is 2.41. The summed E-state index contributed by atoms with van der Waals surface area (Å²) in [6.07, 6.45) is -1.73. The first-order valence-electron chi connectivity index (χ1n) is 4.64. The van der Waals surface area contributed by atoms with Crippen LogP contribution in [0.1, 0.15) is 18.6 Å². The number of carbonyl (C=O) groups excluding carboxylic acids is 2. The van der Waals surface area contributed by atoms with Crippen LogP contribution in [0.15, 0.2) is 30.3 Å². The monoisotopic (exact) mass is 206 g/mol. The van der Waals surface area contributed by atoms with E-state index >= 15 is 0 Å². The molecular weight excluding hydrogens is 196 g/mol. The average Bonchev–Trinajstić information content (AvgIpc) is 2.25. The molecule has 15 heavy (non-hydrogen) atoms. The minimum absolute atomic E-state index is 0.511. The Morgan fingerprint density at radius 2 is 1.67 bits per heavy atom. The Hall–Kier alpha value is -1.84. The first-order chi connectivity index (χ1) is 7.18. The van der Waals surface area contributed by atoms with Crippen LogP contribution < -0.4 is 0 Å². The van der Waals surface area contributed by atoms with E-state index in [-0.39, 0.29) is 0 Å². The summed E-state index contributed by atoms with van der Waals surface area (Å²) in [5.41, 5.74) is 0.628. The summed E-state index contributed by atoms with van der Waals surface area (Å²) in [5, 5.41) is 0. The molecule has 1 aliphatic heterocycles. The van der Waals surface area contributed by atoms with Crippen molar-refractivity contribution >= 4 is 11.9 Å². The van der Waals surface area contributed by atoms with Crippen molar-refractivity contribution in [1.29, 1.82) is 0 Å². The van der Waals surface area contributed by atoms with E-state index in [4.69, 9.17) is 9.47 Å². The highest BCUT2D eigenvalue weighted by Gasteiger charge is 2.36. The number of esters is 2. The second-order valence-corrected chi connectivity index (χ2v) is 3.31. The van der Waals surface area contributed by atoms with Crippen LogP contribution in [0, 0.1) is 0 Å². The van der Waals surface area contributed by atoms with Gasteiger partial charge >= 0.3 is 11.9 Å². The molecular formula is C11H10O4. The molecule has 0 unspecified atom stereocenters. The van der Waals surface area contributed by atoms with Crippen molar-refractivity contribution in [1.82, 2.24) is 0 Å². The van der Waals surface area contributed by atoms with Crippen molar-refractivity contribution in [3.63, 3.8) is 0 Å². The van der Waals surface area contributed by atoms with E-state index in [9.17, 15) is 9.59 Å². The molecule has 0 spiro atoms. The van der Waals surface area contributed by atoms with Gasteiger partial charge in [-0.3, -0.25) is 0 Å². The van der Waals surface area contributed by atoms with E-state index in [0.717, 1.165) is 0 Å². The normalized spacial score (nSPS) is 25.7. The van der Waals surface area contributed by atoms with Gasteiger partial charge < -0.3 is 9.47 Å². The van der Waals surface area contributed by atoms with Gasteiger partial charge in [0.05, 0.1) is 0 Å². The SMILES string of the molecule is C[C@H]1OC(=O)[C@H](c2ccccc2)OC1=O. The lowest BCUT2D eigenvalue weighted by Crippen LogP contribution is -2.37. The van der Waals surface area contributed by atoms with E-state index in [2.05, 4.69) is 0 Å². The molecule has 2 rings (SSSR count). The van der Waals surface area contributed by atoms with Crippen LogP contribution in [0.2, 0.25) is 0 Å². The van der Waals surface area contributed by atoms with Crippen molar-refractivity contribution in [2.75, 3.05) is 0 Å². The third kappa shape index (κ3) is 1.83. The van der Waals surface area contributed by atoms with Crippen LogP contribution >= 0.6 is 0 Å². The summed E-state index contributed by atoms with van der Waals surface area (Å²) < 4.78 is 9.84. The summed E-state index contributed by atoms with van der Waals surface area (Å²) in [6, 6.07) is 8.80. The van der Waals surface area contributed by atoms with Crippen LogP contribution in [0.25, 0.3) is 0 Å². The van der Waals surface area contributed by atoms with Crippen LogP contribution in [-0.4, -0.2) is 18.0 Å². The number of carbonyl (C=O) groups is 2. The minimum atomic E-state index is -0.921. The van der Waals surface area contributed by atoms with Crippen molar-refractivity contribution in [2.24, 2.45) is 0 Å².